The molecule has 7 heteroatoms. The van der Waals surface area contributed by atoms with Crippen molar-refractivity contribution in [2.24, 2.45) is 0 Å². The van der Waals surface area contributed by atoms with Gasteiger partial charge in [0.15, 0.2) is 0 Å². The van der Waals surface area contributed by atoms with Crippen molar-refractivity contribution >= 4 is 11.8 Å². The molecule has 0 bridgehead atoms. The van der Waals surface area contributed by atoms with Crippen LogP contribution in [0.25, 0.3) is 0 Å². The molecular weight excluding hydrogens is 342 g/mol. The number of piperazine rings is 1. The Morgan fingerprint density at radius 2 is 1.85 bits per heavy atom. The predicted octanol–water partition coefficient (Wildman–Crippen LogP) is 1.22. The van der Waals surface area contributed by atoms with Crippen molar-refractivity contribution in [2.75, 3.05) is 39.3 Å². The minimum absolute atomic E-state index is 0.0516. The SMILES string of the molecule is CCCNC(=O)CN1CCN(C(=O)c2ccc(Cn3cccn3)cc2)CC1. The molecule has 2 amide bonds. The number of carbonyl (C=O) groups excluding carboxylic acids is 2. The Morgan fingerprint density at radius 1 is 1.11 bits per heavy atom. The Kier molecular flexibility index (Phi) is 6.59. The first-order valence-electron chi connectivity index (χ1n) is 9.50. The lowest BCUT2D eigenvalue weighted by molar-refractivity contribution is -0.122. The first-order valence-corrected chi connectivity index (χ1v) is 9.50. The van der Waals surface area contributed by atoms with Crippen molar-refractivity contribution in [3.05, 3.63) is 53.9 Å². The second-order valence-corrected chi connectivity index (χ2v) is 6.82. The zero-order chi connectivity index (χ0) is 19.1. The van der Waals surface area contributed by atoms with E-state index in [1.54, 1.807) is 6.20 Å². The monoisotopic (exact) mass is 369 g/mol. The van der Waals surface area contributed by atoms with E-state index in [-0.39, 0.29) is 11.8 Å². The van der Waals surface area contributed by atoms with Gasteiger partial charge in [-0.25, -0.2) is 0 Å². The quantitative estimate of drug-likeness (QED) is 0.797. The van der Waals surface area contributed by atoms with E-state index in [0.717, 1.165) is 25.1 Å². The second kappa shape index (κ2) is 9.32. The van der Waals surface area contributed by atoms with Gasteiger partial charge in [-0.1, -0.05) is 19.1 Å². The average Bonchev–Trinajstić information content (AvgIpc) is 3.20. The van der Waals surface area contributed by atoms with Gasteiger partial charge in [0.25, 0.3) is 5.91 Å². The van der Waals surface area contributed by atoms with E-state index in [2.05, 4.69) is 15.3 Å². The number of hydrogen-bond donors (Lipinski definition) is 1. The lowest BCUT2D eigenvalue weighted by atomic mass is 10.1. The Morgan fingerprint density at radius 3 is 2.48 bits per heavy atom. The molecular formula is C20H27N5O2. The molecule has 0 aliphatic carbocycles. The standard InChI is InChI=1S/C20H27N5O2/c1-2-8-21-19(26)16-23-11-13-24(14-12-23)20(27)18-6-4-17(5-7-18)15-25-10-3-9-22-25/h3-7,9-10H,2,8,11-16H2,1H3,(H,21,26). The van der Waals surface area contributed by atoms with E-state index in [0.29, 0.717) is 38.3 Å². The zero-order valence-electron chi connectivity index (χ0n) is 15.8. The van der Waals surface area contributed by atoms with Crippen molar-refractivity contribution < 1.29 is 9.59 Å². The highest BCUT2D eigenvalue weighted by atomic mass is 16.2. The summed E-state index contributed by atoms with van der Waals surface area (Å²) in [5, 5.41) is 7.09. The third-order valence-electron chi connectivity index (χ3n) is 4.70. The maximum atomic E-state index is 12.7. The van der Waals surface area contributed by atoms with Crippen LogP contribution in [0.1, 0.15) is 29.3 Å². The lowest BCUT2D eigenvalue weighted by Crippen LogP contribution is -2.51. The number of aromatic nitrogens is 2. The molecule has 0 radical (unpaired) electrons. The van der Waals surface area contributed by atoms with Crippen LogP contribution in [0.15, 0.2) is 42.7 Å². The van der Waals surface area contributed by atoms with Crippen molar-refractivity contribution in [2.45, 2.75) is 19.9 Å². The molecule has 1 aliphatic rings. The topological polar surface area (TPSA) is 70.5 Å². The van der Waals surface area contributed by atoms with Gasteiger partial charge in [-0.3, -0.25) is 19.2 Å². The number of hydrogen-bond acceptors (Lipinski definition) is 4. The number of rotatable bonds is 7. The molecule has 0 spiro atoms. The first-order chi connectivity index (χ1) is 13.2. The van der Waals surface area contributed by atoms with Crippen LogP contribution in [0.5, 0.6) is 0 Å². The largest absolute Gasteiger partial charge is 0.355 e. The summed E-state index contributed by atoms with van der Waals surface area (Å²) < 4.78 is 1.85. The van der Waals surface area contributed by atoms with Crippen LogP contribution in [0.3, 0.4) is 0 Å². The van der Waals surface area contributed by atoms with E-state index in [1.165, 1.54) is 0 Å². The summed E-state index contributed by atoms with van der Waals surface area (Å²) in [5.74, 6) is 0.111. The maximum Gasteiger partial charge on any atom is 0.253 e. The molecule has 0 unspecified atom stereocenters. The van der Waals surface area contributed by atoms with Crippen molar-refractivity contribution in [1.82, 2.24) is 24.9 Å². The van der Waals surface area contributed by atoms with E-state index in [9.17, 15) is 9.59 Å². The summed E-state index contributed by atoms with van der Waals surface area (Å²) in [4.78, 5) is 28.5. The van der Waals surface area contributed by atoms with E-state index < -0.39 is 0 Å². The highest BCUT2D eigenvalue weighted by molar-refractivity contribution is 5.94. The molecule has 144 valence electrons. The number of nitrogens with zero attached hydrogens (tertiary/aromatic N) is 4. The van der Waals surface area contributed by atoms with E-state index >= 15 is 0 Å². The van der Waals surface area contributed by atoms with Crippen LogP contribution in [0.2, 0.25) is 0 Å². The van der Waals surface area contributed by atoms with Crippen molar-refractivity contribution in [1.29, 1.82) is 0 Å². The van der Waals surface area contributed by atoms with Gasteiger partial charge in [-0.15, -0.1) is 0 Å². The number of nitrogens with one attached hydrogen (secondary N) is 1. The van der Waals surface area contributed by atoms with Gasteiger partial charge in [0.2, 0.25) is 5.91 Å². The Balaban J connectivity index is 1.48. The van der Waals surface area contributed by atoms with Gasteiger partial charge >= 0.3 is 0 Å². The minimum Gasteiger partial charge on any atom is -0.355 e. The molecule has 2 heterocycles. The molecule has 27 heavy (non-hydrogen) atoms. The Bertz CT molecular complexity index is 734. The lowest BCUT2D eigenvalue weighted by Gasteiger charge is -2.34. The molecule has 1 fully saturated rings. The summed E-state index contributed by atoms with van der Waals surface area (Å²) in [6.45, 7) is 6.60. The number of benzene rings is 1. The molecule has 0 saturated carbocycles. The van der Waals surface area contributed by atoms with Crippen LogP contribution in [0, 0.1) is 0 Å². The highest BCUT2D eigenvalue weighted by Gasteiger charge is 2.23. The molecule has 1 N–H and O–H groups in total. The highest BCUT2D eigenvalue weighted by Crippen LogP contribution is 2.11. The van der Waals surface area contributed by atoms with Gasteiger partial charge < -0.3 is 10.2 Å². The van der Waals surface area contributed by atoms with Gasteiger partial charge in [0.1, 0.15) is 0 Å². The van der Waals surface area contributed by atoms with Crippen molar-refractivity contribution in [3.8, 4) is 0 Å². The Hall–Kier alpha value is -2.67. The molecule has 0 atom stereocenters. The third-order valence-corrected chi connectivity index (χ3v) is 4.70. The molecule has 7 nitrogen and oxygen atoms in total. The van der Waals surface area contributed by atoms with Crippen LogP contribution in [-0.2, 0) is 11.3 Å². The second-order valence-electron chi connectivity index (χ2n) is 6.82. The molecule has 1 aromatic heterocycles. The van der Waals surface area contributed by atoms with Gasteiger partial charge in [-0.2, -0.15) is 5.10 Å². The van der Waals surface area contributed by atoms with Gasteiger partial charge in [0, 0.05) is 50.7 Å². The minimum atomic E-state index is 0.0516. The Labute approximate surface area is 159 Å². The number of amides is 2. The molecule has 3 rings (SSSR count). The predicted molar refractivity (Wildman–Crippen MR) is 103 cm³/mol. The maximum absolute atomic E-state index is 12.7. The summed E-state index contributed by atoms with van der Waals surface area (Å²) >= 11 is 0. The fraction of sp³-hybridized carbons (Fsp3) is 0.450. The summed E-state index contributed by atoms with van der Waals surface area (Å²) in [7, 11) is 0. The molecule has 1 aliphatic heterocycles. The van der Waals surface area contributed by atoms with Crippen molar-refractivity contribution in [3.63, 3.8) is 0 Å². The summed E-state index contributed by atoms with van der Waals surface area (Å²) in [6.07, 6.45) is 4.61. The fourth-order valence-electron chi connectivity index (χ4n) is 3.15. The van der Waals surface area contributed by atoms with E-state index in [4.69, 9.17) is 0 Å². The summed E-state index contributed by atoms with van der Waals surface area (Å²) in [5.41, 5.74) is 1.81. The average molecular weight is 369 g/mol. The fourth-order valence-corrected chi connectivity index (χ4v) is 3.15. The zero-order valence-corrected chi connectivity index (χ0v) is 15.8. The molecule has 1 aromatic carbocycles. The van der Waals surface area contributed by atoms with Crippen LogP contribution in [-0.4, -0.2) is 70.7 Å². The molecule has 2 aromatic rings. The smallest absolute Gasteiger partial charge is 0.253 e. The third kappa shape index (κ3) is 5.40. The van der Waals surface area contributed by atoms with E-state index in [1.807, 2.05) is 53.0 Å². The first kappa shape index (κ1) is 19.1. The van der Waals surface area contributed by atoms with Crippen LogP contribution >= 0.6 is 0 Å². The van der Waals surface area contributed by atoms with Gasteiger partial charge in [0.05, 0.1) is 13.1 Å². The van der Waals surface area contributed by atoms with Gasteiger partial charge in [-0.05, 0) is 30.2 Å². The summed E-state index contributed by atoms with van der Waals surface area (Å²) in [6, 6.07) is 9.61. The van der Waals surface area contributed by atoms with Crippen LogP contribution < -0.4 is 5.32 Å². The molecule has 1 saturated heterocycles. The van der Waals surface area contributed by atoms with Crippen LogP contribution in [0.4, 0.5) is 0 Å². The number of carbonyl (C=O) groups is 2. The normalized spacial score (nSPS) is 14.9.